The summed E-state index contributed by atoms with van der Waals surface area (Å²) in [5.74, 6) is 0.954. The van der Waals surface area contributed by atoms with Crippen LogP contribution in [-0.2, 0) is 6.54 Å². The van der Waals surface area contributed by atoms with Crippen LogP contribution < -0.4 is 5.32 Å². The highest BCUT2D eigenvalue weighted by atomic mass is 32.2. The first-order valence-electron chi connectivity index (χ1n) is 7.18. The molecule has 0 saturated heterocycles. The van der Waals surface area contributed by atoms with Crippen molar-refractivity contribution in [2.24, 2.45) is 5.92 Å². The zero-order valence-electron chi connectivity index (χ0n) is 11.6. The Bertz CT molecular complexity index is 347. The summed E-state index contributed by atoms with van der Waals surface area (Å²) in [6.45, 7) is 3.35. The number of thioether (sulfide) groups is 1. The Hall–Kier alpha value is -0.470. The Kier molecular flexibility index (Phi) is 5.58. The minimum atomic E-state index is 0.740. The van der Waals surface area contributed by atoms with Gasteiger partial charge in [0.25, 0.3) is 0 Å². The van der Waals surface area contributed by atoms with Crippen LogP contribution in [0.3, 0.4) is 0 Å². The molecule has 0 aliphatic heterocycles. The van der Waals surface area contributed by atoms with E-state index >= 15 is 0 Å². The quantitative estimate of drug-likeness (QED) is 0.787. The molecule has 0 aromatic heterocycles. The molecule has 1 nitrogen and oxygen atoms in total. The third-order valence-corrected chi connectivity index (χ3v) is 4.86. The van der Waals surface area contributed by atoms with Gasteiger partial charge in [-0.05, 0) is 42.7 Å². The van der Waals surface area contributed by atoms with E-state index in [-0.39, 0.29) is 0 Å². The first-order chi connectivity index (χ1) is 8.81. The molecule has 1 saturated carbocycles. The van der Waals surface area contributed by atoms with Gasteiger partial charge in [0.1, 0.15) is 0 Å². The van der Waals surface area contributed by atoms with E-state index < -0.39 is 0 Å². The number of benzene rings is 1. The molecular formula is C16H25NS. The molecule has 18 heavy (non-hydrogen) atoms. The normalized spacial score (nSPS) is 24.1. The van der Waals surface area contributed by atoms with Gasteiger partial charge < -0.3 is 5.32 Å². The lowest BCUT2D eigenvalue weighted by molar-refractivity contribution is 0.278. The van der Waals surface area contributed by atoms with Crippen molar-refractivity contribution in [3.8, 4) is 0 Å². The predicted molar refractivity (Wildman–Crippen MR) is 81.1 cm³/mol. The maximum atomic E-state index is 3.73. The van der Waals surface area contributed by atoms with Crippen LogP contribution in [0.1, 0.15) is 44.6 Å². The average Bonchev–Trinajstić information content (AvgIpc) is 2.46. The lowest BCUT2D eigenvalue weighted by atomic mass is 9.84. The number of hydrogen-bond acceptors (Lipinski definition) is 2. The van der Waals surface area contributed by atoms with Crippen LogP contribution in [-0.4, -0.2) is 12.3 Å². The molecule has 0 amide bonds. The Morgan fingerprint density at radius 2 is 2.00 bits per heavy atom. The van der Waals surface area contributed by atoms with Crippen LogP contribution in [0.2, 0.25) is 0 Å². The van der Waals surface area contributed by atoms with Crippen molar-refractivity contribution in [1.29, 1.82) is 0 Å². The van der Waals surface area contributed by atoms with Gasteiger partial charge >= 0.3 is 0 Å². The van der Waals surface area contributed by atoms with E-state index in [9.17, 15) is 0 Å². The molecule has 1 aromatic carbocycles. The van der Waals surface area contributed by atoms with Crippen LogP contribution in [0.25, 0.3) is 0 Å². The molecule has 1 N–H and O–H groups in total. The van der Waals surface area contributed by atoms with Gasteiger partial charge in [0, 0.05) is 17.5 Å². The lowest BCUT2D eigenvalue weighted by Gasteiger charge is -2.29. The van der Waals surface area contributed by atoms with Crippen LogP contribution in [0.5, 0.6) is 0 Å². The molecule has 0 radical (unpaired) electrons. The third kappa shape index (κ3) is 4.03. The molecule has 2 atom stereocenters. The van der Waals surface area contributed by atoms with Gasteiger partial charge in [-0.3, -0.25) is 0 Å². The first-order valence-corrected chi connectivity index (χ1v) is 8.40. The first kappa shape index (κ1) is 14.0. The van der Waals surface area contributed by atoms with Crippen molar-refractivity contribution in [2.75, 3.05) is 6.26 Å². The SMILES string of the molecule is CCC1CCCC(NCc2ccc(SC)cc2)C1. The Labute approximate surface area is 116 Å². The predicted octanol–water partition coefficient (Wildman–Crippen LogP) is 4.47. The molecule has 0 heterocycles. The second kappa shape index (κ2) is 7.20. The molecule has 1 aliphatic carbocycles. The van der Waals surface area contributed by atoms with Gasteiger partial charge in [-0.2, -0.15) is 0 Å². The Morgan fingerprint density at radius 3 is 2.67 bits per heavy atom. The number of nitrogens with one attached hydrogen (secondary N) is 1. The second-order valence-electron chi connectivity index (χ2n) is 5.37. The minimum absolute atomic E-state index is 0.740. The Balaban J connectivity index is 1.79. The zero-order valence-corrected chi connectivity index (χ0v) is 12.4. The van der Waals surface area contributed by atoms with Gasteiger partial charge in [0.2, 0.25) is 0 Å². The highest BCUT2D eigenvalue weighted by Gasteiger charge is 2.19. The lowest BCUT2D eigenvalue weighted by Crippen LogP contribution is -2.33. The second-order valence-corrected chi connectivity index (χ2v) is 6.25. The molecule has 100 valence electrons. The van der Waals surface area contributed by atoms with Crippen LogP contribution >= 0.6 is 11.8 Å². The van der Waals surface area contributed by atoms with Crippen molar-refractivity contribution in [2.45, 2.75) is 56.5 Å². The van der Waals surface area contributed by atoms with E-state index in [0.29, 0.717) is 0 Å². The maximum absolute atomic E-state index is 3.73. The summed E-state index contributed by atoms with van der Waals surface area (Å²) in [5, 5.41) is 3.73. The molecule has 0 spiro atoms. The standard InChI is InChI=1S/C16H25NS/c1-3-13-5-4-6-15(11-13)17-12-14-7-9-16(18-2)10-8-14/h7-10,13,15,17H,3-6,11-12H2,1-2H3. The summed E-state index contributed by atoms with van der Waals surface area (Å²) in [4.78, 5) is 1.35. The smallest absolute Gasteiger partial charge is 0.0208 e. The monoisotopic (exact) mass is 263 g/mol. The minimum Gasteiger partial charge on any atom is -0.310 e. The van der Waals surface area contributed by atoms with E-state index in [4.69, 9.17) is 0 Å². The van der Waals surface area contributed by atoms with E-state index in [1.807, 2.05) is 0 Å². The molecule has 2 heteroatoms. The van der Waals surface area contributed by atoms with Crippen molar-refractivity contribution >= 4 is 11.8 Å². The fraction of sp³-hybridized carbons (Fsp3) is 0.625. The van der Waals surface area contributed by atoms with Gasteiger partial charge in [0.15, 0.2) is 0 Å². The maximum Gasteiger partial charge on any atom is 0.0208 e. The fourth-order valence-corrected chi connectivity index (χ4v) is 3.26. The molecular weight excluding hydrogens is 238 g/mol. The number of hydrogen-bond donors (Lipinski definition) is 1. The van der Waals surface area contributed by atoms with Crippen molar-refractivity contribution in [1.82, 2.24) is 5.32 Å². The van der Waals surface area contributed by atoms with E-state index in [2.05, 4.69) is 42.8 Å². The van der Waals surface area contributed by atoms with E-state index in [0.717, 1.165) is 18.5 Å². The van der Waals surface area contributed by atoms with Gasteiger partial charge in [0.05, 0.1) is 0 Å². The van der Waals surface area contributed by atoms with Gasteiger partial charge in [-0.1, -0.05) is 38.3 Å². The van der Waals surface area contributed by atoms with Gasteiger partial charge in [-0.15, -0.1) is 11.8 Å². The zero-order chi connectivity index (χ0) is 12.8. The molecule has 1 fully saturated rings. The van der Waals surface area contributed by atoms with Crippen molar-refractivity contribution in [3.63, 3.8) is 0 Å². The molecule has 2 unspecified atom stereocenters. The molecule has 2 rings (SSSR count). The summed E-state index contributed by atoms with van der Waals surface area (Å²) in [6, 6.07) is 9.68. The van der Waals surface area contributed by atoms with Gasteiger partial charge in [-0.25, -0.2) is 0 Å². The van der Waals surface area contributed by atoms with E-state index in [1.165, 1.54) is 42.6 Å². The fourth-order valence-electron chi connectivity index (χ4n) is 2.85. The van der Waals surface area contributed by atoms with Crippen molar-refractivity contribution < 1.29 is 0 Å². The highest BCUT2D eigenvalue weighted by molar-refractivity contribution is 7.98. The summed E-state index contributed by atoms with van der Waals surface area (Å²) in [5.41, 5.74) is 1.41. The number of rotatable bonds is 5. The van der Waals surface area contributed by atoms with Crippen LogP contribution in [0, 0.1) is 5.92 Å². The third-order valence-electron chi connectivity index (χ3n) is 4.11. The summed E-state index contributed by atoms with van der Waals surface area (Å²) < 4.78 is 0. The molecule has 1 aliphatic rings. The Morgan fingerprint density at radius 1 is 1.22 bits per heavy atom. The largest absolute Gasteiger partial charge is 0.310 e. The highest BCUT2D eigenvalue weighted by Crippen LogP contribution is 2.26. The average molecular weight is 263 g/mol. The summed E-state index contributed by atoms with van der Waals surface area (Å²) >= 11 is 1.81. The summed E-state index contributed by atoms with van der Waals surface area (Å²) in [6.07, 6.45) is 9.05. The summed E-state index contributed by atoms with van der Waals surface area (Å²) in [7, 11) is 0. The van der Waals surface area contributed by atoms with Crippen LogP contribution in [0.4, 0.5) is 0 Å². The van der Waals surface area contributed by atoms with Crippen molar-refractivity contribution in [3.05, 3.63) is 29.8 Å². The van der Waals surface area contributed by atoms with E-state index in [1.54, 1.807) is 11.8 Å². The molecule has 1 aromatic rings. The topological polar surface area (TPSA) is 12.0 Å². The van der Waals surface area contributed by atoms with Crippen LogP contribution in [0.15, 0.2) is 29.2 Å². The molecule has 0 bridgehead atoms.